The van der Waals surface area contributed by atoms with Gasteiger partial charge in [0.1, 0.15) is 22.8 Å². The Hall–Kier alpha value is -2.58. The molecule has 43 heavy (non-hydrogen) atoms. The van der Waals surface area contributed by atoms with Crippen molar-refractivity contribution >= 4 is 33.4 Å². The van der Waals surface area contributed by atoms with E-state index in [1.165, 1.54) is 0 Å². The van der Waals surface area contributed by atoms with Crippen LogP contribution in [-0.2, 0) is 0 Å². The van der Waals surface area contributed by atoms with Crippen LogP contribution in [-0.4, -0.2) is 22.6 Å². The largest absolute Gasteiger partial charge is 0.542 e. The first-order valence-electron chi connectivity index (χ1n) is 16.2. The normalized spacial score (nSPS) is 12.8. The van der Waals surface area contributed by atoms with Gasteiger partial charge in [0.15, 0.2) is 0 Å². The van der Waals surface area contributed by atoms with Crippen molar-refractivity contribution in [1.29, 1.82) is 0 Å². The van der Waals surface area contributed by atoms with Crippen LogP contribution in [0.3, 0.4) is 0 Å². The molecule has 3 aromatic rings. The maximum atomic E-state index is 14.3. The van der Waals surface area contributed by atoms with Crippen LogP contribution in [0.15, 0.2) is 48.5 Å². The minimum Gasteiger partial charge on any atom is -0.542 e. The molecule has 0 N–H and O–H groups in total. The number of carbonyl (C=O) groups excluding carboxylic acids is 1. The van der Waals surface area contributed by atoms with E-state index in [9.17, 15) is 4.79 Å². The molecule has 0 amide bonds. The zero-order chi connectivity index (χ0) is 32.4. The van der Waals surface area contributed by atoms with E-state index in [1.54, 1.807) is 0 Å². The van der Waals surface area contributed by atoms with Gasteiger partial charge in [0, 0.05) is 10.8 Å². The third-order valence-corrected chi connectivity index (χ3v) is 21.7. The van der Waals surface area contributed by atoms with Crippen LogP contribution < -0.4 is 13.6 Å². The van der Waals surface area contributed by atoms with Gasteiger partial charge in [0.05, 0.1) is 0 Å². The van der Waals surface area contributed by atoms with E-state index in [0.29, 0.717) is 50.3 Å². The zero-order valence-corrected chi connectivity index (χ0v) is 31.2. The molecule has 4 nitrogen and oxygen atoms in total. The lowest BCUT2D eigenvalue weighted by Crippen LogP contribution is -2.51. The lowest BCUT2D eigenvalue weighted by atomic mass is 10.0. The highest BCUT2D eigenvalue weighted by molar-refractivity contribution is 6.79. The van der Waals surface area contributed by atoms with Gasteiger partial charge in [-0.2, -0.15) is 0 Å². The van der Waals surface area contributed by atoms with Crippen LogP contribution in [0, 0.1) is 13.8 Å². The third-order valence-electron chi connectivity index (χ3n) is 9.70. The number of para-hydroxylation sites is 1. The molecular formula is C37H56O4Si2. The first-order valence-corrected chi connectivity index (χ1v) is 20.5. The summed E-state index contributed by atoms with van der Waals surface area (Å²) in [5.74, 6) is 1.54. The van der Waals surface area contributed by atoms with Crippen molar-refractivity contribution in [1.82, 2.24) is 0 Å². The molecule has 0 aliphatic heterocycles. The maximum absolute atomic E-state index is 14.3. The van der Waals surface area contributed by atoms with Gasteiger partial charge < -0.3 is 13.6 Å². The summed E-state index contributed by atoms with van der Waals surface area (Å²) in [6.45, 7) is 31.4. The van der Waals surface area contributed by atoms with Crippen LogP contribution in [0.25, 0.3) is 10.8 Å². The molecule has 0 aliphatic carbocycles. The molecular weight excluding hydrogens is 565 g/mol. The molecule has 0 fully saturated rings. The number of rotatable bonds is 12. The Morgan fingerprint density at radius 2 is 1.07 bits per heavy atom. The fraction of sp³-hybridized carbons (Fsp3) is 0.541. The maximum Gasteiger partial charge on any atom is 0.347 e. The second kappa shape index (κ2) is 13.6. The Bertz CT molecular complexity index is 1380. The Morgan fingerprint density at radius 3 is 1.56 bits per heavy atom. The fourth-order valence-electron chi connectivity index (χ4n) is 7.73. The van der Waals surface area contributed by atoms with Crippen molar-refractivity contribution < 1.29 is 18.4 Å². The summed E-state index contributed by atoms with van der Waals surface area (Å²) in [5, 5.41) is 1.92. The van der Waals surface area contributed by atoms with E-state index in [-0.39, 0.29) is 0 Å². The van der Waals surface area contributed by atoms with Crippen molar-refractivity contribution in [3.8, 4) is 17.2 Å². The number of aryl methyl sites for hydroxylation is 2. The number of hydrogen-bond donors (Lipinski definition) is 0. The highest BCUT2D eigenvalue weighted by Gasteiger charge is 2.49. The first-order chi connectivity index (χ1) is 20.0. The Labute approximate surface area is 263 Å². The Balaban J connectivity index is 2.44. The second-order valence-electron chi connectivity index (χ2n) is 14.3. The number of fused-ring (bicyclic) bond motifs is 1. The monoisotopic (exact) mass is 620 g/mol. The van der Waals surface area contributed by atoms with E-state index in [4.69, 9.17) is 13.6 Å². The summed E-state index contributed by atoms with van der Waals surface area (Å²) in [7, 11) is -4.78. The van der Waals surface area contributed by atoms with Crippen LogP contribution in [0.4, 0.5) is 0 Å². The minimum atomic E-state index is -2.44. The smallest absolute Gasteiger partial charge is 0.347 e. The van der Waals surface area contributed by atoms with Gasteiger partial charge in [-0.1, -0.05) is 119 Å². The first kappa shape index (κ1) is 34.9. The van der Waals surface area contributed by atoms with E-state index in [0.717, 1.165) is 27.6 Å². The van der Waals surface area contributed by atoms with Gasteiger partial charge in [-0.05, 0) is 70.9 Å². The molecule has 0 atom stereocenters. The van der Waals surface area contributed by atoms with E-state index < -0.39 is 22.6 Å². The summed E-state index contributed by atoms with van der Waals surface area (Å²) in [4.78, 5) is 14.3. The van der Waals surface area contributed by atoms with Crippen LogP contribution in [0.1, 0.15) is 105 Å². The summed E-state index contributed by atoms with van der Waals surface area (Å²) >= 11 is 0. The van der Waals surface area contributed by atoms with Gasteiger partial charge in [-0.15, -0.1) is 0 Å². The van der Waals surface area contributed by atoms with Gasteiger partial charge >= 0.3 is 5.97 Å². The average molecular weight is 621 g/mol. The van der Waals surface area contributed by atoms with Gasteiger partial charge in [0.25, 0.3) is 16.6 Å². The molecule has 6 heteroatoms. The molecule has 0 radical (unpaired) electrons. The van der Waals surface area contributed by atoms with Crippen LogP contribution in [0.5, 0.6) is 17.2 Å². The van der Waals surface area contributed by atoms with Crippen molar-refractivity contribution in [3.63, 3.8) is 0 Å². The van der Waals surface area contributed by atoms with E-state index in [2.05, 4.69) is 108 Å². The molecule has 0 heterocycles. The molecule has 3 aromatic carbocycles. The van der Waals surface area contributed by atoms with Gasteiger partial charge in [-0.25, -0.2) is 4.79 Å². The third kappa shape index (κ3) is 6.61. The molecule has 0 aliphatic rings. The SMILES string of the molecule is Cc1ccc2c(O[Si](C(C)C)(C(C)C)C(C)C)c(C(=O)Oc3ccccc3C)cc(O[Si](C(C)C)(C(C)C)C(C)C)c2c1. The number of carbonyl (C=O) groups is 1. The number of benzene rings is 3. The van der Waals surface area contributed by atoms with Crippen molar-refractivity contribution in [2.24, 2.45) is 0 Å². The summed E-state index contributed by atoms with van der Waals surface area (Å²) in [6.07, 6.45) is 0. The molecule has 0 bridgehead atoms. The van der Waals surface area contributed by atoms with Crippen molar-refractivity contribution in [3.05, 3.63) is 65.2 Å². The predicted octanol–water partition coefficient (Wildman–Crippen LogP) is 11.8. The molecule has 0 spiro atoms. The summed E-state index contributed by atoms with van der Waals surface area (Å²) < 4.78 is 20.8. The number of esters is 1. The van der Waals surface area contributed by atoms with Crippen LogP contribution in [0.2, 0.25) is 33.2 Å². The van der Waals surface area contributed by atoms with Crippen LogP contribution >= 0.6 is 0 Å². The standard InChI is InChI=1S/C37H56O4Si2/c1-23(2)42(24(3)4,25(5)6)40-35-22-33(37(38)39-34-18-16-15-17-30(34)14)36(31-20-19-29(13)21-32(31)35)41-43(26(7)8,27(9)10)28(11)12/h15-28H,1-14H3. The predicted molar refractivity (Wildman–Crippen MR) is 188 cm³/mol. The lowest BCUT2D eigenvalue weighted by Gasteiger charge is -2.44. The molecule has 0 saturated heterocycles. The molecule has 0 aromatic heterocycles. The minimum absolute atomic E-state index is 0.340. The van der Waals surface area contributed by atoms with Gasteiger partial charge in [0.2, 0.25) is 0 Å². The Kier molecular flexibility index (Phi) is 11.0. The van der Waals surface area contributed by atoms with Crippen molar-refractivity contribution in [2.75, 3.05) is 0 Å². The molecule has 3 rings (SSSR count). The highest BCUT2D eigenvalue weighted by atomic mass is 28.4. The summed E-state index contributed by atoms with van der Waals surface area (Å²) in [6, 6.07) is 16.0. The zero-order valence-electron chi connectivity index (χ0n) is 29.2. The molecule has 0 saturated carbocycles. The van der Waals surface area contributed by atoms with Crippen molar-refractivity contribution in [2.45, 2.75) is 130 Å². The molecule has 236 valence electrons. The second-order valence-corrected chi connectivity index (χ2v) is 25.0. The molecule has 0 unspecified atom stereocenters. The Morgan fingerprint density at radius 1 is 0.581 bits per heavy atom. The number of ether oxygens (including phenoxy) is 1. The average Bonchev–Trinajstić information content (AvgIpc) is 2.90. The van der Waals surface area contributed by atoms with E-state index >= 15 is 0 Å². The summed E-state index contributed by atoms with van der Waals surface area (Å²) in [5.41, 5.74) is 4.66. The topological polar surface area (TPSA) is 44.8 Å². The highest BCUT2D eigenvalue weighted by Crippen LogP contribution is 2.49. The number of hydrogen-bond acceptors (Lipinski definition) is 4. The fourth-order valence-corrected chi connectivity index (χ4v) is 18.3. The van der Waals surface area contributed by atoms with Gasteiger partial charge in [-0.3, -0.25) is 0 Å². The van der Waals surface area contributed by atoms with E-state index in [1.807, 2.05) is 37.3 Å². The quantitative estimate of drug-likeness (QED) is 0.115. The lowest BCUT2D eigenvalue weighted by molar-refractivity contribution is 0.0731.